The molecule has 52 heavy (non-hydrogen) atoms. The number of aliphatic hydroxyl groups excluding tert-OH is 3. The average molecular weight is 737 g/mol. The van der Waals surface area contributed by atoms with Gasteiger partial charge in [-0.25, -0.2) is 4.79 Å². The Morgan fingerprint density at radius 2 is 1.46 bits per heavy atom. The van der Waals surface area contributed by atoms with Gasteiger partial charge in [0.15, 0.2) is 53.9 Å². The first-order chi connectivity index (χ1) is 24.8. The number of benzene rings is 2. The van der Waals surface area contributed by atoms with Crippen molar-refractivity contribution in [2.24, 2.45) is 0 Å². The Balaban J connectivity index is 1.58. The summed E-state index contributed by atoms with van der Waals surface area (Å²) in [6.45, 7) is 2.90. The fourth-order valence-electron chi connectivity index (χ4n) is 5.73. The van der Waals surface area contributed by atoms with Crippen LogP contribution in [0.5, 0.6) is 23.0 Å². The Bertz CT molecular complexity index is 1560. The molecular weight excluding hydrogens is 692 g/mol. The summed E-state index contributed by atoms with van der Waals surface area (Å²) in [6.07, 6.45) is -12.2. The number of carbonyl (C=O) groups excluding carboxylic acids is 3. The second-order valence-corrected chi connectivity index (χ2v) is 12.0. The van der Waals surface area contributed by atoms with E-state index in [2.05, 4.69) is 0 Å². The molecule has 2 aliphatic rings. The van der Waals surface area contributed by atoms with Gasteiger partial charge in [-0.3, -0.25) is 9.59 Å². The van der Waals surface area contributed by atoms with Gasteiger partial charge in [-0.15, -0.1) is 0 Å². The van der Waals surface area contributed by atoms with Crippen molar-refractivity contribution >= 4 is 24.0 Å². The Labute approximate surface area is 299 Å². The van der Waals surface area contributed by atoms with Crippen LogP contribution >= 0.6 is 0 Å². The third-order valence-electron chi connectivity index (χ3n) is 8.22. The van der Waals surface area contributed by atoms with Gasteiger partial charge in [-0.05, 0) is 54.8 Å². The van der Waals surface area contributed by atoms with Gasteiger partial charge in [0.1, 0.15) is 24.4 Å². The predicted octanol–water partition coefficient (Wildman–Crippen LogP) is 0.732. The van der Waals surface area contributed by atoms with Gasteiger partial charge in [0.2, 0.25) is 0 Å². The van der Waals surface area contributed by atoms with Crippen molar-refractivity contribution in [1.82, 2.24) is 0 Å². The number of phenolic OH excluding ortho intramolecular Hbond substituents is 2. The monoisotopic (exact) mass is 736 g/mol. The van der Waals surface area contributed by atoms with E-state index in [0.29, 0.717) is 11.1 Å². The number of esters is 3. The van der Waals surface area contributed by atoms with Gasteiger partial charge in [0.05, 0.1) is 33.5 Å². The number of aromatic hydroxyl groups is 2. The van der Waals surface area contributed by atoms with Crippen molar-refractivity contribution in [1.29, 1.82) is 0 Å². The van der Waals surface area contributed by atoms with E-state index in [-0.39, 0.29) is 36.0 Å². The highest BCUT2D eigenvalue weighted by molar-refractivity contribution is 5.87. The van der Waals surface area contributed by atoms with Crippen LogP contribution in [0.3, 0.4) is 0 Å². The molecule has 2 fully saturated rings. The molecule has 2 aromatic rings. The van der Waals surface area contributed by atoms with Gasteiger partial charge in [0.25, 0.3) is 0 Å². The lowest BCUT2D eigenvalue weighted by atomic mass is 9.96. The molecular formula is C35H44O17. The molecule has 4 rings (SSSR count). The molecule has 0 bridgehead atoms. The molecule has 0 aliphatic carbocycles. The Morgan fingerprint density at radius 1 is 0.788 bits per heavy atom. The third-order valence-corrected chi connectivity index (χ3v) is 8.22. The fraction of sp³-hybridized carbons (Fsp3) is 0.514. The van der Waals surface area contributed by atoms with Crippen LogP contribution in [0.2, 0.25) is 0 Å². The van der Waals surface area contributed by atoms with E-state index in [0.717, 1.165) is 19.9 Å². The van der Waals surface area contributed by atoms with Gasteiger partial charge >= 0.3 is 17.9 Å². The number of rotatable bonds is 14. The maximum atomic E-state index is 13.1. The van der Waals surface area contributed by atoms with E-state index >= 15 is 0 Å². The second kappa shape index (κ2) is 18.3. The number of ether oxygens (including phenoxy) is 9. The molecule has 0 radical (unpaired) electrons. The molecule has 286 valence electrons. The number of phenols is 2. The normalized spacial score (nSPS) is 28.9. The maximum absolute atomic E-state index is 13.1. The predicted molar refractivity (Wildman–Crippen MR) is 176 cm³/mol. The molecule has 5 N–H and O–H groups in total. The van der Waals surface area contributed by atoms with Crippen LogP contribution in [0.15, 0.2) is 42.5 Å². The van der Waals surface area contributed by atoms with Gasteiger partial charge in [-0.1, -0.05) is 12.1 Å². The van der Waals surface area contributed by atoms with Crippen LogP contribution in [0.4, 0.5) is 0 Å². The maximum Gasteiger partial charge on any atom is 0.331 e. The smallest absolute Gasteiger partial charge is 0.331 e. The first kappa shape index (κ1) is 40.3. The summed E-state index contributed by atoms with van der Waals surface area (Å²) >= 11 is 0. The van der Waals surface area contributed by atoms with Crippen molar-refractivity contribution < 1.29 is 82.5 Å². The molecule has 0 spiro atoms. The van der Waals surface area contributed by atoms with Crippen LogP contribution in [0.1, 0.15) is 31.9 Å². The van der Waals surface area contributed by atoms with E-state index in [1.807, 2.05) is 0 Å². The standard InChI is InChI=1S/C35H44O17/c1-17-30(48-18(2)37)32(49-19(3)38)29(43)35(47-17)52-33-28(42)34(46-13-12-21-7-10-24(44-4)23(40)14-21)50-26(16-36)31(33)51-27(41)11-8-20-6-9-22(39)25(15-20)45-5/h6-11,14-15,17,26,28-36,39-40,42-43H,12-13,16H2,1-5H3. The molecule has 10 atom stereocenters. The largest absolute Gasteiger partial charge is 0.504 e. The SMILES string of the molecule is COc1ccc(CCOC2OC(CO)C(OC(=O)C=Cc3ccc(O)c(OC)c3)C(OC3OC(C)C(OC(C)=O)C(OC(C)=O)C3O)C2O)cc1O. The summed E-state index contributed by atoms with van der Waals surface area (Å²) in [4.78, 5) is 36.9. The van der Waals surface area contributed by atoms with E-state index in [4.69, 9.17) is 42.6 Å². The highest BCUT2D eigenvalue weighted by atomic mass is 16.7. The lowest BCUT2D eigenvalue weighted by Crippen LogP contribution is -2.65. The summed E-state index contributed by atoms with van der Waals surface area (Å²) in [5.74, 6) is -2.26. The lowest BCUT2D eigenvalue weighted by Gasteiger charge is -2.47. The fourth-order valence-corrected chi connectivity index (χ4v) is 5.73. The van der Waals surface area contributed by atoms with Crippen LogP contribution < -0.4 is 9.47 Å². The van der Waals surface area contributed by atoms with Crippen LogP contribution in [-0.2, 0) is 54.0 Å². The van der Waals surface area contributed by atoms with E-state index in [1.54, 1.807) is 12.1 Å². The molecule has 2 heterocycles. The van der Waals surface area contributed by atoms with Crippen molar-refractivity contribution in [3.05, 3.63) is 53.6 Å². The molecule has 0 aromatic heterocycles. The Kier molecular flexibility index (Phi) is 14.2. The number of carbonyl (C=O) groups is 3. The molecule has 17 heteroatoms. The van der Waals surface area contributed by atoms with Crippen molar-refractivity contribution in [3.8, 4) is 23.0 Å². The third kappa shape index (κ3) is 10.1. The summed E-state index contributed by atoms with van der Waals surface area (Å²) < 4.78 is 49.9. The molecule has 10 unspecified atom stereocenters. The molecule has 2 aliphatic heterocycles. The van der Waals surface area contributed by atoms with E-state index in [1.165, 1.54) is 51.5 Å². The Hall–Kier alpha value is -4.49. The second-order valence-electron chi connectivity index (χ2n) is 12.0. The summed E-state index contributed by atoms with van der Waals surface area (Å²) in [6, 6.07) is 9.09. The van der Waals surface area contributed by atoms with Crippen molar-refractivity contribution in [3.63, 3.8) is 0 Å². The average Bonchev–Trinajstić information content (AvgIpc) is 3.10. The van der Waals surface area contributed by atoms with Gasteiger partial charge in [-0.2, -0.15) is 0 Å². The van der Waals surface area contributed by atoms with Gasteiger partial charge in [0, 0.05) is 19.9 Å². The van der Waals surface area contributed by atoms with Crippen LogP contribution in [-0.4, -0.2) is 132 Å². The minimum absolute atomic E-state index is 0.0557. The quantitative estimate of drug-likeness (QED) is 0.102. The number of hydrogen-bond donors (Lipinski definition) is 5. The zero-order chi connectivity index (χ0) is 38.1. The van der Waals surface area contributed by atoms with Crippen molar-refractivity contribution in [2.75, 3.05) is 27.4 Å². The summed E-state index contributed by atoms with van der Waals surface area (Å²) in [5.41, 5.74) is 1.12. The lowest BCUT2D eigenvalue weighted by molar-refractivity contribution is -0.358. The zero-order valence-electron chi connectivity index (χ0n) is 29.1. The highest BCUT2D eigenvalue weighted by Crippen LogP contribution is 2.34. The number of hydrogen-bond acceptors (Lipinski definition) is 17. The summed E-state index contributed by atoms with van der Waals surface area (Å²) in [5, 5.41) is 53.1. The molecule has 0 saturated carbocycles. The number of methoxy groups -OCH3 is 2. The Morgan fingerprint density at radius 3 is 2.10 bits per heavy atom. The highest BCUT2D eigenvalue weighted by Gasteiger charge is 2.54. The first-order valence-electron chi connectivity index (χ1n) is 16.3. The minimum Gasteiger partial charge on any atom is -0.504 e. The molecule has 2 aromatic carbocycles. The van der Waals surface area contributed by atoms with Crippen LogP contribution in [0.25, 0.3) is 6.08 Å². The van der Waals surface area contributed by atoms with Gasteiger partial charge < -0.3 is 68.2 Å². The van der Waals surface area contributed by atoms with Crippen LogP contribution in [0, 0.1) is 0 Å². The van der Waals surface area contributed by atoms with E-state index in [9.17, 15) is 39.9 Å². The first-order valence-corrected chi connectivity index (χ1v) is 16.3. The molecule has 17 nitrogen and oxygen atoms in total. The van der Waals surface area contributed by atoms with Crippen molar-refractivity contribution in [2.45, 2.75) is 88.6 Å². The summed E-state index contributed by atoms with van der Waals surface area (Å²) in [7, 11) is 2.77. The molecule has 2 saturated heterocycles. The number of aliphatic hydroxyl groups is 3. The minimum atomic E-state index is -1.78. The van der Waals surface area contributed by atoms with E-state index < -0.39 is 85.9 Å². The molecule has 0 amide bonds. The zero-order valence-corrected chi connectivity index (χ0v) is 29.1. The topological polar surface area (TPSA) is 235 Å².